The van der Waals surface area contributed by atoms with Crippen LogP contribution in [0.5, 0.6) is 0 Å². The fraction of sp³-hybridized carbons (Fsp3) is 1.00. The number of rotatable bonds is 3. The minimum atomic E-state index is 0.749. The van der Waals surface area contributed by atoms with Gasteiger partial charge in [0.1, 0.15) is 0 Å². The molecule has 2 fully saturated rings. The fourth-order valence-corrected chi connectivity index (χ4v) is 3.06. The second kappa shape index (κ2) is 4.81. The van der Waals surface area contributed by atoms with Crippen LogP contribution in [0.15, 0.2) is 0 Å². The largest absolute Gasteiger partial charge is 0.315 e. The predicted octanol–water partition coefficient (Wildman–Crippen LogP) is 0.620. The summed E-state index contributed by atoms with van der Waals surface area (Å²) >= 11 is 0. The molecular formula is C12H25N3. The van der Waals surface area contributed by atoms with Crippen LogP contribution in [0.4, 0.5) is 0 Å². The lowest BCUT2D eigenvalue weighted by Gasteiger charge is -2.31. The van der Waals surface area contributed by atoms with E-state index >= 15 is 0 Å². The molecule has 0 radical (unpaired) electrons. The zero-order valence-electron chi connectivity index (χ0n) is 10.4. The minimum Gasteiger partial charge on any atom is -0.315 e. The van der Waals surface area contributed by atoms with E-state index in [0.29, 0.717) is 0 Å². The normalized spacial score (nSPS) is 38.0. The molecule has 3 nitrogen and oxygen atoms in total. The minimum absolute atomic E-state index is 0.749. The van der Waals surface area contributed by atoms with Gasteiger partial charge in [0.05, 0.1) is 0 Å². The van der Waals surface area contributed by atoms with Gasteiger partial charge in [-0.2, -0.15) is 0 Å². The van der Waals surface area contributed by atoms with Crippen molar-refractivity contribution in [2.24, 2.45) is 5.92 Å². The van der Waals surface area contributed by atoms with E-state index < -0.39 is 0 Å². The van der Waals surface area contributed by atoms with E-state index in [9.17, 15) is 0 Å². The van der Waals surface area contributed by atoms with Crippen LogP contribution in [-0.2, 0) is 0 Å². The monoisotopic (exact) mass is 211 g/mol. The van der Waals surface area contributed by atoms with Crippen LogP contribution in [0.1, 0.15) is 19.8 Å². The van der Waals surface area contributed by atoms with Crippen LogP contribution in [0.2, 0.25) is 0 Å². The maximum Gasteiger partial charge on any atom is 0.0255 e. The first-order valence-electron chi connectivity index (χ1n) is 6.29. The molecule has 2 rings (SSSR count). The smallest absolute Gasteiger partial charge is 0.0255 e. The number of likely N-dealkylation sites (tertiary alicyclic amines) is 1. The molecule has 0 aromatic rings. The second-order valence-corrected chi connectivity index (χ2v) is 5.42. The van der Waals surface area contributed by atoms with Gasteiger partial charge in [-0.3, -0.25) is 0 Å². The summed E-state index contributed by atoms with van der Waals surface area (Å²) in [6.45, 7) is 7.26. The molecule has 88 valence electrons. The first kappa shape index (κ1) is 11.4. The summed E-state index contributed by atoms with van der Waals surface area (Å²) in [5.41, 5.74) is 0. The molecule has 0 aliphatic carbocycles. The third-order valence-corrected chi connectivity index (χ3v) is 4.21. The summed E-state index contributed by atoms with van der Waals surface area (Å²) in [5, 5.41) is 3.48. The van der Waals surface area contributed by atoms with Gasteiger partial charge in [0.2, 0.25) is 0 Å². The van der Waals surface area contributed by atoms with E-state index in [1.54, 1.807) is 0 Å². The standard InChI is InChI=1S/C12H25N3/c1-10-7-13-8-12(10)15(3)9-11-5-4-6-14(11)2/h10-13H,4-9H2,1-3H3. The van der Waals surface area contributed by atoms with Gasteiger partial charge in [-0.15, -0.1) is 0 Å². The van der Waals surface area contributed by atoms with Gasteiger partial charge in [0.15, 0.2) is 0 Å². The van der Waals surface area contributed by atoms with E-state index in [0.717, 1.165) is 18.0 Å². The Morgan fingerprint density at radius 3 is 2.73 bits per heavy atom. The fourth-order valence-electron chi connectivity index (χ4n) is 3.06. The van der Waals surface area contributed by atoms with Gasteiger partial charge in [-0.25, -0.2) is 0 Å². The summed E-state index contributed by atoms with van der Waals surface area (Å²) in [6, 6.07) is 1.54. The highest BCUT2D eigenvalue weighted by atomic mass is 15.2. The molecule has 0 saturated carbocycles. The Labute approximate surface area is 93.8 Å². The number of likely N-dealkylation sites (N-methyl/N-ethyl adjacent to an activating group) is 2. The third kappa shape index (κ3) is 2.52. The molecule has 0 aromatic carbocycles. The van der Waals surface area contributed by atoms with E-state index in [2.05, 4.69) is 36.1 Å². The second-order valence-electron chi connectivity index (χ2n) is 5.42. The molecule has 0 aromatic heterocycles. The Morgan fingerprint density at radius 2 is 2.20 bits per heavy atom. The molecule has 15 heavy (non-hydrogen) atoms. The maximum atomic E-state index is 3.48. The van der Waals surface area contributed by atoms with Gasteiger partial charge < -0.3 is 15.1 Å². The van der Waals surface area contributed by atoms with Crippen LogP contribution < -0.4 is 5.32 Å². The van der Waals surface area contributed by atoms with Crippen molar-refractivity contribution in [3.8, 4) is 0 Å². The van der Waals surface area contributed by atoms with E-state index in [1.807, 2.05) is 0 Å². The Balaban J connectivity index is 1.83. The van der Waals surface area contributed by atoms with Crippen molar-refractivity contribution in [2.45, 2.75) is 31.8 Å². The quantitative estimate of drug-likeness (QED) is 0.738. The van der Waals surface area contributed by atoms with Gasteiger partial charge in [0.25, 0.3) is 0 Å². The molecule has 3 heteroatoms. The van der Waals surface area contributed by atoms with Crippen LogP contribution >= 0.6 is 0 Å². The van der Waals surface area contributed by atoms with Crippen molar-refractivity contribution < 1.29 is 0 Å². The topological polar surface area (TPSA) is 18.5 Å². The Kier molecular flexibility index (Phi) is 3.65. The van der Waals surface area contributed by atoms with Gasteiger partial charge in [-0.05, 0) is 45.9 Å². The molecule has 3 unspecified atom stereocenters. The average molecular weight is 211 g/mol. The van der Waals surface area contributed by atoms with E-state index in [4.69, 9.17) is 0 Å². The molecule has 2 heterocycles. The van der Waals surface area contributed by atoms with Crippen molar-refractivity contribution in [2.75, 3.05) is 40.3 Å². The van der Waals surface area contributed by atoms with Crippen LogP contribution in [0.3, 0.4) is 0 Å². The van der Waals surface area contributed by atoms with Crippen molar-refractivity contribution >= 4 is 0 Å². The number of nitrogens with one attached hydrogen (secondary N) is 1. The molecule has 1 N–H and O–H groups in total. The van der Waals surface area contributed by atoms with Gasteiger partial charge in [0, 0.05) is 25.2 Å². The lowest BCUT2D eigenvalue weighted by atomic mass is 10.0. The first-order chi connectivity index (χ1) is 7.18. The molecule has 2 saturated heterocycles. The summed E-state index contributed by atoms with van der Waals surface area (Å²) in [7, 11) is 4.56. The maximum absolute atomic E-state index is 3.48. The van der Waals surface area contributed by atoms with Crippen molar-refractivity contribution in [1.29, 1.82) is 0 Å². The number of hydrogen-bond acceptors (Lipinski definition) is 3. The highest BCUT2D eigenvalue weighted by molar-refractivity contribution is 4.88. The molecule has 2 aliphatic heterocycles. The highest BCUT2D eigenvalue weighted by Crippen LogP contribution is 2.19. The van der Waals surface area contributed by atoms with E-state index in [-0.39, 0.29) is 0 Å². The Morgan fingerprint density at radius 1 is 1.40 bits per heavy atom. The van der Waals surface area contributed by atoms with Crippen molar-refractivity contribution in [3.05, 3.63) is 0 Å². The zero-order chi connectivity index (χ0) is 10.8. The predicted molar refractivity (Wildman–Crippen MR) is 64.1 cm³/mol. The molecule has 0 amide bonds. The third-order valence-electron chi connectivity index (χ3n) is 4.21. The van der Waals surface area contributed by atoms with Gasteiger partial charge in [-0.1, -0.05) is 6.92 Å². The average Bonchev–Trinajstić information content (AvgIpc) is 2.76. The SMILES string of the molecule is CC1CNCC1N(C)CC1CCCN1C. The summed E-state index contributed by atoms with van der Waals surface area (Å²) in [4.78, 5) is 5.08. The molecule has 0 spiro atoms. The summed E-state index contributed by atoms with van der Waals surface area (Å²) in [6.07, 6.45) is 2.77. The Bertz CT molecular complexity index is 207. The molecule has 3 atom stereocenters. The van der Waals surface area contributed by atoms with E-state index in [1.165, 1.54) is 39.0 Å². The zero-order valence-corrected chi connectivity index (χ0v) is 10.4. The Hall–Kier alpha value is -0.120. The van der Waals surface area contributed by atoms with Crippen LogP contribution in [-0.4, -0.2) is 62.2 Å². The summed E-state index contributed by atoms with van der Waals surface area (Å²) < 4.78 is 0. The molecule has 2 aliphatic rings. The van der Waals surface area contributed by atoms with Gasteiger partial charge >= 0.3 is 0 Å². The lowest BCUT2D eigenvalue weighted by Crippen LogP contribution is -2.44. The molecule has 0 bridgehead atoms. The van der Waals surface area contributed by atoms with Crippen LogP contribution in [0.25, 0.3) is 0 Å². The first-order valence-corrected chi connectivity index (χ1v) is 6.29. The van der Waals surface area contributed by atoms with Crippen molar-refractivity contribution in [3.63, 3.8) is 0 Å². The van der Waals surface area contributed by atoms with Crippen LogP contribution in [0, 0.1) is 5.92 Å². The lowest BCUT2D eigenvalue weighted by molar-refractivity contribution is 0.164. The number of nitrogens with zero attached hydrogens (tertiary/aromatic N) is 2. The van der Waals surface area contributed by atoms with Crippen molar-refractivity contribution in [1.82, 2.24) is 15.1 Å². The highest BCUT2D eigenvalue weighted by Gasteiger charge is 2.30. The summed E-state index contributed by atoms with van der Waals surface area (Å²) in [5.74, 6) is 0.807. The number of hydrogen-bond donors (Lipinski definition) is 1. The molecular weight excluding hydrogens is 186 g/mol.